The van der Waals surface area contributed by atoms with Crippen LogP contribution in [-0.2, 0) is 0 Å². The number of carbonyl (C=O) groups is 1. The summed E-state index contributed by atoms with van der Waals surface area (Å²) in [6.07, 6.45) is 1.12. The summed E-state index contributed by atoms with van der Waals surface area (Å²) in [5, 5.41) is 10.2. The van der Waals surface area contributed by atoms with Crippen LogP contribution in [0.25, 0.3) is 10.9 Å². The van der Waals surface area contributed by atoms with Gasteiger partial charge in [-0.05, 0) is 44.3 Å². The second-order valence-electron chi connectivity index (χ2n) is 5.93. The lowest BCUT2D eigenvalue weighted by atomic mass is 10.1. The minimum Gasteiger partial charge on any atom is -0.478 e. The molecule has 2 heterocycles. The lowest BCUT2D eigenvalue weighted by Gasteiger charge is -2.23. The van der Waals surface area contributed by atoms with E-state index in [9.17, 15) is 9.90 Å². The summed E-state index contributed by atoms with van der Waals surface area (Å²) in [5.74, 6) is -0.135. The minimum absolute atomic E-state index is 0.119. The van der Waals surface area contributed by atoms with Crippen LogP contribution >= 0.6 is 11.6 Å². The second-order valence-corrected chi connectivity index (χ2v) is 6.33. The Morgan fingerprint density at radius 3 is 2.91 bits per heavy atom. The summed E-state index contributed by atoms with van der Waals surface area (Å²) < 4.78 is 0. The molecule has 1 aliphatic rings. The van der Waals surface area contributed by atoms with Gasteiger partial charge in [0.25, 0.3) is 0 Å². The number of likely N-dealkylation sites (N-methyl/N-ethyl adjacent to an activating group) is 1. The molecule has 6 heteroatoms. The molecule has 23 heavy (non-hydrogen) atoms. The molecular weight excluding hydrogens is 314 g/mol. The Hall–Kier alpha value is -1.85. The molecule has 1 fully saturated rings. The van der Waals surface area contributed by atoms with Crippen LogP contribution in [0, 0.1) is 0 Å². The molecule has 0 amide bonds. The molecule has 1 aliphatic heterocycles. The van der Waals surface area contributed by atoms with Crippen molar-refractivity contribution >= 4 is 34.3 Å². The number of carboxylic acid groups (broad SMARTS) is 1. The molecule has 5 nitrogen and oxygen atoms in total. The Morgan fingerprint density at radius 2 is 2.22 bits per heavy atom. The number of aromatic nitrogens is 1. The van der Waals surface area contributed by atoms with E-state index in [1.807, 2.05) is 12.1 Å². The lowest BCUT2D eigenvalue weighted by molar-refractivity contribution is 0.0699. The number of fused-ring (bicyclic) bond motifs is 1. The largest absolute Gasteiger partial charge is 0.478 e. The molecule has 0 spiro atoms. The molecule has 3 rings (SSSR count). The Bertz CT molecular complexity index is 750. The van der Waals surface area contributed by atoms with Gasteiger partial charge in [-0.1, -0.05) is 18.5 Å². The molecule has 1 atom stereocenters. The first kappa shape index (κ1) is 16.0. The van der Waals surface area contributed by atoms with Gasteiger partial charge in [-0.3, -0.25) is 0 Å². The van der Waals surface area contributed by atoms with Gasteiger partial charge >= 0.3 is 5.97 Å². The van der Waals surface area contributed by atoms with Crippen LogP contribution in [0.4, 0.5) is 5.82 Å². The minimum atomic E-state index is -1.03. The van der Waals surface area contributed by atoms with Crippen molar-refractivity contribution in [3.05, 3.63) is 34.9 Å². The van der Waals surface area contributed by atoms with Crippen LogP contribution in [-0.4, -0.2) is 53.7 Å². The van der Waals surface area contributed by atoms with Crippen LogP contribution < -0.4 is 4.90 Å². The normalized spacial score (nSPS) is 18.1. The Labute approximate surface area is 140 Å². The molecule has 0 aliphatic carbocycles. The SMILES string of the molecule is CCN(C)C1CCN(c2ccc3c(C(=O)O)c(Cl)ccc3n2)C1. The third kappa shape index (κ3) is 2.99. The van der Waals surface area contributed by atoms with Gasteiger partial charge < -0.3 is 14.9 Å². The molecule has 1 saturated heterocycles. The predicted molar refractivity (Wildman–Crippen MR) is 92.6 cm³/mol. The zero-order valence-electron chi connectivity index (χ0n) is 13.3. The van der Waals surface area contributed by atoms with Crippen LogP contribution in [0.15, 0.2) is 24.3 Å². The van der Waals surface area contributed by atoms with Crippen LogP contribution in [0.5, 0.6) is 0 Å². The number of halogens is 1. The zero-order chi connectivity index (χ0) is 16.6. The van der Waals surface area contributed by atoms with Crippen molar-refractivity contribution in [1.29, 1.82) is 0 Å². The summed E-state index contributed by atoms with van der Waals surface area (Å²) in [4.78, 5) is 20.7. The summed E-state index contributed by atoms with van der Waals surface area (Å²) in [7, 11) is 2.14. The molecule has 0 radical (unpaired) electrons. The van der Waals surface area contributed by atoms with E-state index in [-0.39, 0.29) is 10.6 Å². The van der Waals surface area contributed by atoms with Crippen molar-refractivity contribution in [3.8, 4) is 0 Å². The van der Waals surface area contributed by atoms with Crippen molar-refractivity contribution in [2.24, 2.45) is 0 Å². The number of anilines is 1. The van der Waals surface area contributed by atoms with E-state index >= 15 is 0 Å². The van der Waals surface area contributed by atoms with Crippen molar-refractivity contribution in [3.63, 3.8) is 0 Å². The summed E-state index contributed by atoms with van der Waals surface area (Å²) in [5.41, 5.74) is 0.782. The molecule has 122 valence electrons. The molecule has 2 aromatic rings. The van der Waals surface area contributed by atoms with Crippen LogP contribution in [0.3, 0.4) is 0 Å². The van der Waals surface area contributed by atoms with Gasteiger partial charge in [0.05, 0.1) is 16.1 Å². The fourth-order valence-electron chi connectivity index (χ4n) is 3.13. The summed E-state index contributed by atoms with van der Waals surface area (Å²) in [6.45, 7) is 5.10. The average molecular weight is 334 g/mol. The zero-order valence-corrected chi connectivity index (χ0v) is 14.0. The molecule has 0 bridgehead atoms. The first-order valence-corrected chi connectivity index (χ1v) is 8.16. The van der Waals surface area contributed by atoms with Crippen molar-refractivity contribution in [1.82, 2.24) is 9.88 Å². The maximum atomic E-state index is 11.4. The number of aromatic carboxylic acids is 1. The van der Waals surface area contributed by atoms with Crippen molar-refractivity contribution < 1.29 is 9.90 Å². The van der Waals surface area contributed by atoms with Crippen molar-refractivity contribution in [2.75, 3.05) is 31.6 Å². The monoisotopic (exact) mass is 333 g/mol. The van der Waals surface area contributed by atoms with Crippen LogP contribution in [0.2, 0.25) is 5.02 Å². The maximum Gasteiger partial charge on any atom is 0.337 e. The van der Waals surface area contributed by atoms with E-state index in [4.69, 9.17) is 11.6 Å². The predicted octanol–water partition coefficient (Wildman–Crippen LogP) is 3.12. The molecule has 1 unspecified atom stereocenters. The Kier molecular flexibility index (Phi) is 4.41. The van der Waals surface area contributed by atoms with E-state index < -0.39 is 5.97 Å². The number of nitrogens with zero attached hydrogens (tertiary/aromatic N) is 3. The molecule has 1 aromatic carbocycles. The quantitative estimate of drug-likeness (QED) is 0.931. The maximum absolute atomic E-state index is 11.4. The molecule has 1 N–H and O–H groups in total. The Morgan fingerprint density at radius 1 is 1.43 bits per heavy atom. The van der Waals surface area contributed by atoms with Gasteiger partial charge in [0.1, 0.15) is 5.82 Å². The van der Waals surface area contributed by atoms with Crippen LogP contribution in [0.1, 0.15) is 23.7 Å². The van der Waals surface area contributed by atoms with Gasteiger partial charge in [0.15, 0.2) is 0 Å². The number of hydrogen-bond acceptors (Lipinski definition) is 4. The fourth-order valence-corrected chi connectivity index (χ4v) is 3.37. The summed E-state index contributed by atoms with van der Waals surface area (Å²) in [6, 6.07) is 7.61. The highest BCUT2D eigenvalue weighted by Gasteiger charge is 2.26. The fraction of sp³-hybridized carbons (Fsp3) is 0.412. The number of pyridine rings is 1. The third-order valence-electron chi connectivity index (χ3n) is 4.63. The topological polar surface area (TPSA) is 56.7 Å². The highest BCUT2D eigenvalue weighted by Crippen LogP contribution is 2.28. The van der Waals surface area contributed by atoms with E-state index in [0.29, 0.717) is 16.9 Å². The second kappa shape index (κ2) is 6.34. The number of rotatable bonds is 4. The number of hydrogen-bond donors (Lipinski definition) is 1. The lowest BCUT2D eigenvalue weighted by Crippen LogP contribution is -2.34. The first-order chi connectivity index (χ1) is 11.0. The summed E-state index contributed by atoms with van der Waals surface area (Å²) >= 11 is 6.01. The van der Waals surface area contributed by atoms with Gasteiger partial charge in [-0.25, -0.2) is 9.78 Å². The van der Waals surface area contributed by atoms with Gasteiger partial charge in [-0.15, -0.1) is 0 Å². The van der Waals surface area contributed by atoms with Gasteiger partial charge in [0, 0.05) is 24.5 Å². The highest BCUT2D eigenvalue weighted by atomic mass is 35.5. The van der Waals surface area contributed by atoms with Crippen molar-refractivity contribution in [2.45, 2.75) is 19.4 Å². The first-order valence-electron chi connectivity index (χ1n) is 7.79. The highest BCUT2D eigenvalue weighted by molar-refractivity contribution is 6.35. The third-order valence-corrected chi connectivity index (χ3v) is 4.94. The van der Waals surface area contributed by atoms with E-state index in [0.717, 1.165) is 31.9 Å². The van der Waals surface area contributed by atoms with Gasteiger partial charge in [-0.2, -0.15) is 0 Å². The standard InChI is InChI=1S/C17H20ClN3O2/c1-3-20(2)11-8-9-21(10-11)15-7-4-12-14(19-15)6-5-13(18)16(12)17(22)23/h4-7,11H,3,8-10H2,1-2H3,(H,22,23). The molecule has 0 saturated carbocycles. The Balaban J connectivity index is 1.93. The number of benzene rings is 1. The van der Waals surface area contributed by atoms with E-state index in [2.05, 4.69) is 28.8 Å². The van der Waals surface area contributed by atoms with Gasteiger partial charge in [0.2, 0.25) is 0 Å². The van der Waals surface area contributed by atoms with E-state index in [1.165, 1.54) is 0 Å². The molecule has 1 aromatic heterocycles. The average Bonchev–Trinajstić information content (AvgIpc) is 3.03. The van der Waals surface area contributed by atoms with E-state index in [1.54, 1.807) is 12.1 Å². The number of carboxylic acids is 1. The molecular formula is C17H20ClN3O2. The smallest absolute Gasteiger partial charge is 0.337 e.